The summed E-state index contributed by atoms with van der Waals surface area (Å²) in [6.45, 7) is 4.46. The highest BCUT2D eigenvalue weighted by atomic mass is 19.4. The molecule has 1 atom stereocenters. The lowest BCUT2D eigenvalue weighted by Gasteiger charge is -2.21. The number of rotatable bonds is 1. The van der Waals surface area contributed by atoms with Crippen molar-refractivity contribution in [3.8, 4) is 0 Å². The summed E-state index contributed by atoms with van der Waals surface area (Å²) in [6.07, 6.45) is -3.24. The van der Waals surface area contributed by atoms with E-state index in [9.17, 15) is 18.0 Å². The van der Waals surface area contributed by atoms with E-state index in [4.69, 9.17) is 15.0 Å². The predicted octanol–water partition coefficient (Wildman–Crippen LogP) is 1.01. The highest BCUT2D eigenvalue weighted by Crippen LogP contribution is 2.13. The lowest BCUT2D eigenvalue weighted by atomic mass is 10.00. The van der Waals surface area contributed by atoms with Gasteiger partial charge in [-0.2, -0.15) is 13.2 Å². The quantitative estimate of drug-likeness (QED) is 0.609. The topological polar surface area (TPSA) is 86.6 Å². The van der Waals surface area contributed by atoms with Gasteiger partial charge in [0.15, 0.2) is 0 Å². The van der Waals surface area contributed by atoms with E-state index in [0.717, 1.165) is 25.0 Å². The summed E-state index contributed by atoms with van der Waals surface area (Å²) in [4.78, 5) is 19.3. The number of nitrogens with one attached hydrogen (secondary N) is 1. The molecule has 8 heteroatoms. The molecule has 0 aromatic rings. The molecule has 1 aliphatic heterocycles. The van der Waals surface area contributed by atoms with Crippen molar-refractivity contribution in [1.82, 2.24) is 5.32 Å². The molecule has 0 saturated carbocycles. The minimum Gasteiger partial charge on any atom is -0.480 e. The zero-order chi connectivity index (χ0) is 13.6. The second-order valence-corrected chi connectivity index (χ2v) is 3.29. The molecule has 1 rings (SSSR count). The van der Waals surface area contributed by atoms with E-state index < -0.39 is 24.2 Å². The van der Waals surface area contributed by atoms with E-state index in [2.05, 4.69) is 11.9 Å². The van der Waals surface area contributed by atoms with Gasteiger partial charge in [0.2, 0.25) is 0 Å². The molecule has 0 aromatic carbocycles. The summed E-state index contributed by atoms with van der Waals surface area (Å²) >= 11 is 0. The van der Waals surface area contributed by atoms with Gasteiger partial charge in [-0.1, -0.05) is 6.58 Å². The van der Waals surface area contributed by atoms with Gasteiger partial charge in [0.1, 0.15) is 6.04 Å². The first kappa shape index (κ1) is 15.4. The second-order valence-electron chi connectivity index (χ2n) is 3.29. The molecule has 17 heavy (non-hydrogen) atoms. The van der Waals surface area contributed by atoms with Gasteiger partial charge in [-0.15, -0.1) is 0 Å². The molecule has 5 nitrogen and oxygen atoms in total. The van der Waals surface area contributed by atoms with Crippen molar-refractivity contribution in [3.05, 3.63) is 12.2 Å². The molecule has 0 unspecified atom stereocenters. The van der Waals surface area contributed by atoms with Gasteiger partial charge in [0.25, 0.3) is 0 Å². The number of alkyl halides is 3. The fourth-order valence-corrected chi connectivity index (χ4v) is 1.11. The maximum absolute atomic E-state index is 10.6. The molecule has 1 fully saturated rings. The Kier molecular flexibility index (Phi) is 5.66. The molecule has 98 valence electrons. The van der Waals surface area contributed by atoms with Crippen molar-refractivity contribution in [2.24, 2.45) is 0 Å². The molecule has 3 N–H and O–H groups in total. The van der Waals surface area contributed by atoms with E-state index in [0.29, 0.717) is 0 Å². The standard InChI is InChI=1S/C7H11NO2.C2HF3O2/c1-5-3-2-4-8-6(5)7(9)10;3-2(4,5)1(6)7/h6,8H,1-4H2,(H,9,10);(H,6,7)/t6-;/m0./s1. The zero-order valence-electron chi connectivity index (χ0n) is 8.75. The normalized spacial score (nSPS) is 20.2. The molecule has 0 bridgehead atoms. The first-order chi connectivity index (χ1) is 7.66. The fourth-order valence-electron chi connectivity index (χ4n) is 1.11. The van der Waals surface area contributed by atoms with E-state index >= 15 is 0 Å². The van der Waals surface area contributed by atoms with E-state index in [1.54, 1.807) is 0 Å². The minimum absolute atomic E-state index is 0.506. The molecule has 0 spiro atoms. The number of carbonyl (C=O) groups is 2. The van der Waals surface area contributed by atoms with Crippen LogP contribution in [0.3, 0.4) is 0 Å². The van der Waals surface area contributed by atoms with Crippen molar-refractivity contribution in [3.63, 3.8) is 0 Å². The highest BCUT2D eigenvalue weighted by molar-refractivity contribution is 5.77. The van der Waals surface area contributed by atoms with Crippen molar-refractivity contribution in [2.75, 3.05) is 6.54 Å². The summed E-state index contributed by atoms with van der Waals surface area (Å²) in [5.74, 6) is -3.57. The van der Waals surface area contributed by atoms with Crippen LogP contribution >= 0.6 is 0 Å². The third-order valence-electron chi connectivity index (χ3n) is 1.92. The number of hydrogen-bond acceptors (Lipinski definition) is 3. The van der Waals surface area contributed by atoms with Crippen LogP contribution in [0.15, 0.2) is 12.2 Å². The summed E-state index contributed by atoms with van der Waals surface area (Å²) in [6, 6.07) is -0.506. The van der Waals surface area contributed by atoms with Crippen LogP contribution in [0.25, 0.3) is 0 Å². The minimum atomic E-state index is -5.08. The SMILES string of the molecule is C=C1CCCN[C@@H]1C(=O)O.O=C(O)C(F)(F)F. The molecular weight excluding hydrogens is 243 g/mol. The zero-order valence-corrected chi connectivity index (χ0v) is 8.75. The Morgan fingerprint density at radius 2 is 1.82 bits per heavy atom. The van der Waals surface area contributed by atoms with Crippen molar-refractivity contribution in [1.29, 1.82) is 0 Å². The Labute approximate surface area is 94.9 Å². The number of carboxylic acids is 2. The third-order valence-corrected chi connectivity index (χ3v) is 1.92. The Morgan fingerprint density at radius 1 is 1.35 bits per heavy atom. The third kappa shape index (κ3) is 5.91. The molecule has 1 saturated heterocycles. The Morgan fingerprint density at radius 3 is 2.06 bits per heavy atom. The van der Waals surface area contributed by atoms with Gasteiger partial charge in [-0.25, -0.2) is 4.79 Å². The molecule has 1 aliphatic rings. The van der Waals surface area contributed by atoms with Crippen LogP contribution in [0.1, 0.15) is 12.8 Å². The highest BCUT2D eigenvalue weighted by Gasteiger charge is 2.38. The lowest BCUT2D eigenvalue weighted by molar-refractivity contribution is -0.192. The van der Waals surface area contributed by atoms with Crippen LogP contribution in [-0.2, 0) is 9.59 Å². The van der Waals surface area contributed by atoms with Crippen LogP contribution in [0.4, 0.5) is 13.2 Å². The van der Waals surface area contributed by atoms with Crippen LogP contribution < -0.4 is 5.32 Å². The van der Waals surface area contributed by atoms with Gasteiger partial charge in [-0.3, -0.25) is 4.79 Å². The molecule has 0 amide bonds. The monoisotopic (exact) mass is 255 g/mol. The van der Waals surface area contributed by atoms with Crippen molar-refractivity contribution >= 4 is 11.9 Å². The fraction of sp³-hybridized carbons (Fsp3) is 0.556. The molecule has 0 aromatic heterocycles. The number of piperidine rings is 1. The predicted molar refractivity (Wildman–Crippen MR) is 51.5 cm³/mol. The Bertz CT molecular complexity index is 314. The van der Waals surface area contributed by atoms with Gasteiger partial charge in [-0.05, 0) is 25.0 Å². The molecule has 0 aliphatic carbocycles. The lowest BCUT2D eigenvalue weighted by Crippen LogP contribution is -2.41. The van der Waals surface area contributed by atoms with Crippen LogP contribution in [0, 0.1) is 0 Å². The summed E-state index contributed by atoms with van der Waals surface area (Å²) < 4.78 is 31.7. The average molecular weight is 255 g/mol. The van der Waals surface area contributed by atoms with Gasteiger partial charge in [0.05, 0.1) is 0 Å². The second kappa shape index (κ2) is 6.24. The summed E-state index contributed by atoms with van der Waals surface area (Å²) in [5.41, 5.74) is 0.791. The smallest absolute Gasteiger partial charge is 0.480 e. The van der Waals surface area contributed by atoms with E-state index in [-0.39, 0.29) is 0 Å². The van der Waals surface area contributed by atoms with E-state index in [1.165, 1.54) is 0 Å². The largest absolute Gasteiger partial charge is 0.490 e. The summed E-state index contributed by atoms with van der Waals surface area (Å²) in [7, 11) is 0. The number of halogens is 3. The maximum atomic E-state index is 10.6. The van der Waals surface area contributed by atoms with Crippen molar-refractivity contribution in [2.45, 2.75) is 25.1 Å². The summed E-state index contributed by atoms with van der Waals surface area (Å²) in [5, 5.41) is 18.6. The number of aliphatic carboxylic acids is 2. The van der Waals surface area contributed by atoms with Crippen LogP contribution in [0.5, 0.6) is 0 Å². The van der Waals surface area contributed by atoms with Crippen LogP contribution in [-0.4, -0.2) is 40.9 Å². The molecular formula is C9H12F3NO4. The average Bonchev–Trinajstić information content (AvgIpc) is 2.17. The first-order valence-corrected chi connectivity index (χ1v) is 4.60. The maximum Gasteiger partial charge on any atom is 0.490 e. The van der Waals surface area contributed by atoms with E-state index in [1.807, 2.05) is 0 Å². The molecule has 1 heterocycles. The first-order valence-electron chi connectivity index (χ1n) is 4.60. The molecule has 0 radical (unpaired) electrons. The number of carboxylic acid groups (broad SMARTS) is 2. The van der Waals surface area contributed by atoms with Crippen LogP contribution in [0.2, 0.25) is 0 Å². The Balaban J connectivity index is 0.000000325. The van der Waals surface area contributed by atoms with Gasteiger partial charge >= 0.3 is 18.1 Å². The van der Waals surface area contributed by atoms with Gasteiger partial charge in [0, 0.05) is 0 Å². The van der Waals surface area contributed by atoms with Crippen molar-refractivity contribution < 1.29 is 33.0 Å². The number of hydrogen-bond donors (Lipinski definition) is 3. The Hall–Kier alpha value is -1.57. The van der Waals surface area contributed by atoms with Gasteiger partial charge < -0.3 is 15.5 Å².